The largest absolute Gasteiger partial charge is 0.370 e. The molecule has 1 rings (SSSR count). The highest BCUT2D eigenvalue weighted by Crippen LogP contribution is 2.04. The minimum absolute atomic E-state index is 0.133. The Labute approximate surface area is 69.4 Å². The standard InChI is InChI=1S/C8H9FN2O/c9-6-2-1-5-11-7(6)3-4-8(10)12/h1-2,5H,3-4H2,(H2,10,12). The van der Waals surface area contributed by atoms with Crippen molar-refractivity contribution in [2.45, 2.75) is 12.8 Å². The molecular weight excluding hydrogens is 159 g/mol. The van der Waals surface area contributed by atoms with E-state index in [-0.39, 0.29) is 18.5 Å². The third-order valence-corrected chi connectivity index (χ3v) is 1.44. The number of aromatic nitrogens is 1. The van der Waals surface area contributed by atoms with Gasteiger partial charge in [-0.05, 0) is 12.1 Å². The van der Waals surface area contributed by atoms with Crippen molar-refractivity contribution in [3.8, 4) is 0 Å². The molecule has 3 nitrogen and oxygen atoms in total. The van der Waals surface area contributed by atoms with Gasteiger partial charge in [0.1, 0.15) is 5.82 Å². The van der Waals surface area contributed by atoms with E-state index in [4.69, 9.17) is 5.73 Å². The molecule has 0 aromatic carbocycles. The highest BCUT2D eigenvalue weighted by atomic mass is 19.1. The van der Waals surface area contributed by atoms with Crippen LogP contribution < -0.4 is 5.73 Å². The monoisotopic (exact) mass is 168 g/mol. The summed E-state index contributed by atoms with van der Waals surface area (Å²) in [7, 11) is 0. The molecule has 1 amide bonds. The third-order valence-electron chi connectivity index (χ3n) is 1.44. The van der Waals surface area contributed by atoms with Crippen LogP contribution in [0.25, 0.3) is 0 Å². The van der Waals surface area contributed by atoms with E-state index in [1.807, 2.05) is 0 Å². The van der Waals surface area contributed by atoms with E-state index in [0.29, 0.717) is 0 Å². The number of aryl methyl sites for hydroxylation is 1. The zero-order valence-corrected chi connectivity index (χ0v) is 6.46. The van der Waals surface area contributed by atoms with Crippen molar-refractivity contribution in [1.29, 1.82) is 0 Å². The molecule has 0 unspecified atom stereocenters. The van der Waals surface area contributed by atoms with Crippen LogP contribution in [0.2, 0.25) is 0 Å². The lowest BCUT2D eigenvalue weighted by atomic mass is 10.2. The van der Waals surface area contributed by atoms with Gasteiger partial charge in [0.05, 0.1) is 5.69 Å². The van der Waals surface area contributed by atoms with E-state index in [0.717, 1.165) is 0 Å². The van der Waals surface area contributed by atoms with Gasteiger partial charge in [-0.2, -0.15) is 0 Å². The second kappa shape index (κ2) is 3.80. The van der Waals surface area contributed by atoms with Crippen molar-refractivity contribution in [3.05, 3.63) is 29.8 Å². The van der Waals surface area contributed by atoms with Crippen LogP contribution in [0.5, 0.6) is 0 Å². The van der Waals surface area contributed by atoms with Crippen molar-refractivity contribution in [3.63, 3.8) is 0 Å². The van der Waals surface area contributed by atoms with Crippen LogP contribution in [0.4, 0.5) is 4.39 Å². The predicted octanol–water partition coefficient (Wildman–Crippen LogP) is 0.639. The van der Waals surface area contributed by atoms with Crippen molar-refractivity contribution in [2.24, 2.45) is 5.73 Å². The molecule has 0 bridgehead atoms. The summed E-state index contributed by atoms with van der Waals surface area (Å²) in [5.74, 6) is -0.834. The fourth-order valence-corrected chi connectivity index (χ4v) is 0.844. The van der Waals surface area contributed by atoms with Gasteiger partial charge in [0.15, 0.2) is 0 Å². The zero-order chi connectivity index (χ0) is 8.97. The van der Waals surface area contributed by atoms with Crippen LogP contribution in [-0.4, -0.2) is 10.9 Å². The van der Waals surface area contributed by atoms with E-state index in [9.17, 15) is 9.18 Å². The maximum atomic E-state index is 12.8. The molecular formula is C8H9FN2O. The number of hydrogen-bond acceptors (Lipinski definition) is 2. The summed E-state index contributed by atoms with van der Waals surface area (Å²) in [6.07, 6.45) is 1.88. The molecule has 0 spiro atoms. The van der Waals surface area contributed by atoms with E-state index in [2.05, 4.69) is 4.98 Å². The Bertz CT molecular complexity index is 288. The first kappa shape index (κ1) is 8.64. The number of amides is 1. The molecule has 12 heavy (non-hydrogen) atoms. The summed E-state index contributed by atoms with van der Waals surface area (Å²) in [5, 5.41) is 0. The first-order valence-electron chi connectivity index (χ1n) is 3.58. The fourth-order valence-electron chi connectivity index (χ4n) is 0.844. The Morgan fingerprint density at radius 3 is 3.00 bits per heavy atom. The maximum absolute atomic E-state index is 12.8. The van der Waals surface area contributed by atoms with Gasteiger partial charge in [0, 0.05) is 19.0 Å². The second-order valence-electron chi connectivity index (χ2n) is 2.40. The molecule has 0 saturated heterocycles. The molecule has 0 aliphatic rings. The number of nitrogens with zero attached hydrogens (tertiary/aromatic N) is 1. The van der Waals surface area contributed by atoms with Crippen molar-refractivity contribution < 1.29 is 9.18 Å². The highest BCUT2D eigenvalue weighted by Gasteiger charge is 2.03. The maximum Gasteiger partial charge on any atom is 0.217 e. The van der Waals surface area contributed by atoms with Crippen LogP contribution in [0.1, 0.15) is 12.1 Å². The average molecular weight is 168 g/mol. The van der Waals surface area contributed by atoms with Gasteiger partial charge in [-0.25, -0.2) is 4.39 Å². The molecule has 1 heterocycles. The van der Waals surface area contributed by atoms with Gasteiger partial charge in [-0.1, -0.05) is 0 Å². The minimum Gasteiger partial charge on any atom is -0.370 e. The summed E-state index contributed by atoms with van der Waals surface area (Å²) in [5.41, 5.74) is 5.19. The number of nitrogens with two attached hydrogens (primary N) is 1. The van der Waals surface area contributed by atoms with Gasteiger partial charge >= 0.3 is 0 Å². The molecule has 0 radical (unpaired) electrons. The number of carbonyl (C=O) groups is 1. The number of carbonyl (C=O) groups excluding carboxylic acids is 1. The molecule has 0 saturated carbocycles. The van der Waals surface area contributed by atoms with Gasteiger partial charge in [-0.3, -0.25) is 9.78 Å². The first-order chi connectivity index (χ1) is 5.70. The Kier molecular flexibility index (Phi) is 2.74. The molecule has 2 N–H and O–H groups in total. The van der Waals surface area contributed by atoms with E-state index >= 15 is 0 Å². The van der Waals surface area contributed by atoms with E-state index in [1.165, 1.54) is 18.3 Å². The Balaban J connectivity index is 2.63. The summed E-state index contributed by atoms with van der Waals surface area (Å²) in [6.45, 7) is 0. The molecule has 4 heteroatoms. The molecule has 1 aromatic rings. The molecule has 0 atom stereocenters. The van der Waals surface area contributed by atoms with E-state index < -0.39 is 11.7 Å². The number of hydrogen-bond donors (Lipinski definition) is 1. The van der Waals surface area contributed by atoms with Gasteiger partial charge in [0.25, 0.3) is 0 Å². The van der Waals surface area contributed by atoms with Crippen LogP contribution >= 0.6 is 0 Å². The van der Waals surface area contributed by atoms with Gasteiger partial charge in [0.2, 0.25) is 5.91 Å². The van der Waals surface area contributed by atoms with Gasteiger partial charge in [-0.15, -0.1) is 0 Å². The highest BCUT2D eigenvalue weighted by molar-refractivity contribution is 5.73. The third kappa shape index (κ3) is 2.30. The lowest BCUT2D eigenvalue weighted by Gasteiger charge is -1.98. The fraction of sp³-hybridized carbons (Fsp3) is 0.250. The summed E-state index contributed by atoms with van der Waals surface area (Å²) >= 11 is 0. The lowest BCUT2D eigenvalue weighted by Crippen LogP contribution is -2.12. The quantitative estimate of drug-likeness (QED) is 0.720. The van der Waals surface area contributed by atoms with Crippen molar-refractivity contribution in [2.75, 3.05) is 0 Å². The number of pyridine rings is 1. The smallest absolute Gasteiger partial charge is 0.217 e. The first-order valence-corrected chi connectivity index (χ1v) is 3.58. The Hall–Kier alpha value is -1.45. The molecule has 0 aliphatic heterocycles. The van der Waals surface area contributed by atoms with Crippen LogP contribution in [0.15, 0.2) is 18.3 Å². The van der Waals surface area contributed by atoms with Crippen molar-refractivity contribution in [1.82, 2.24) is 4.98 Å². The summed E-state index contributed by atoms with van der Waals surface area (Å²) in [6, 6.07) is 2.81. The number of primary amides is 1. The SMILES string of the molecule is NC(=O)CCc1ncccc1F. The predicted molar refractivity (Wildman–Crippen MR) is 41.7 cm³/mol. The number of rotatable bonds is 3. The normalized spacial score (nSPS) is 9.75. The number of halogens is 1. The minimum atomic E-state index is -0.444. The average Bonchev–Trinajstić information content (AvgIpc) is 2.03. The van der Waals surface area contributed by atoms with Crippen LogP contribution in [-0.2, 0) is 11.2 Å². The lowest BCUT2D eigenvalue weighted by molar-refractivity contribution is -0.118. The molecule has 0 fully saturated rings. The topological polar surface area (TPSA) is 56.0 Å². The zero-order valence-electron chi connectivity index (χ0n) is 6.46. The molecule has 0 aliphatic carbocycles. The Morgan fingerprint density at radius 1 is 1.67 bits per heavy atom. The molecule has 64 valence electrons. The second-order valence-corrected chi connectivity index (χ2v) is 2.40. The molecule has 1 aromatic heterocycles. The summed E-state index contributed by atoms with van der Waals surface area (Å²) in [4.78, 5) is 14.1. The Morgan fingerprint density at radius 2 is 2.42 bits per heavy atom. The van der Waals surface area contributed by atoms with Crippen molar-refractivity contribution >= 4 is 5.91 Å². The summed E-state index contributed by atoms with van der Waals surface area (Å²) < 4.78 is 12.8. The van der Waals surface area contributed by atoms with E-state index in [1.54, 1.807) is 0 Å². The van der Waals surface area contributed by atoms with Crippen LogP contribution in [0.3, 0.4) is 0 Å². The van der Waals surface area contributed by atoms with Gasteiger partial charge < -0.3 is 5.73 Å². The van der Waals surface area contributed by atoms with Crippen LogP contribution in [0, 0.1) is 5.82 Å².